The highest BCUT2D eigenvalue weighted by molar-refractivity contribution is 6.66. The van der Waals surface area contributed by atoms with Crippen LogP contribution < -0.4 is 0 Å². The Balaban J connectivity index is 4.38. The first-order valence-corrected chi connectivity index (χ1v) is 8.66. The van der Waals surface area contributed by atoms with Gasteiger partial charge in [-0.25, -0.2) is 4.79 Å². The predicted molar refractivity (Wildman–Crippen MR) is 71.2 cm³/mol. The van der Waals surface area contributed by atoms with Crippen molar-refractivity contribution < 1.29 is 23.5 Å². The zero-order valence-electron chi connectivity index (χ0n) is 11.7. The van der Waals surface area contributed by atoms with E-state index in [1.54, 1.807) is 13.8 Å². The van der Waals surface area contributed by atoms with Gasteiger partial charge in [0.25, 0.3) is 0 Å². The molecule has 0 spiro atoms. The molecule has 18 heavy (non-hydrogen) atoms. The Labute approximate surface area is 110 Å². The van der Waals surface area contributed by atoms with Crippen molar-refractivity contribution in [3.63, 3.8) is 0 Å². The predicted octanol–water partition coefficient (Wildman–Crippen LogP) is 1.96. The topological polar surface area (TPSA) is 65.0 Å². The third kappa shape index (κ3) is 6.90. The van der Waals surface area contributed by atoms with Crippen LogP contribution in [0.4, 0.5) is 0 Å². The van der Waals surface area contributed by atoms with Crippen LogP contribution in [0, 0.1) is 0 Å². The Kier molecular flexibility index (Phi) is 8.09. The molecular formula is C12H24O5Si. The molecule has 0 saturated carbocycles. The quantitative estimate of drug-likeness (QED) is 0.302. The van der Waals surface area contributed by atoms with E-state index in [0.717, 1.165) is 0 Å². The second kappa shape index (κ2) is 8.42. The average molecular weight is 276 g/mol. The average Bonchev–Trinajstić information content (AvgIpc) is 2.26. The lowest BCUT2D eigenvalue weighted by Gasteiger charge is -2.29. The van der Waals surface area contributed by atoms with Crippen molar-refractivity contribution in [2.24, 2.45) is 0 Å². The second-order valence-corrected chi connectivity index (χ2v) is 7.56. The van der Waals surface area contributed by atoms with Crippen LogP contribution in [-0.4, -0.2) is 39.1 Å². The van der Waals surface area contributed by atoms with E-state index in [1.807, 2.05) is 13.5 Å². The first kappa shape index (κ1) is 17.3. The zero-order valence-corrected chi connectivity index (χ0v) is 12.7. The van der Waals surface area contributed by atoms with E-state index in [4.69, 9.17) is 18.7 Å². The molecule has 6 heteroatoms. The molecule has 2 unspecified atom stereocenters. The smallest absolute Gasteiger partial charge is 0.337 e. The number of ether oxygens (including phenoxy) is 1. The summed E-state index contributed by atoms with van der Waals surface area (Å²) < 4.78 is 16.4. The Morgan fingerprint density at radius 1 is 1.50 bits per heavy atom. The van der Waals surface area contributed by atoms with Crippen LogP contribution in [0.1, 0.15) is 27.2 Å². The van der Waals surface area contributed by atoms with Crippen LogP contribution in [-0.2, 0) is 18.4 Å². The lowest BCUT2D eigenvalue weighted by Crippen LogP contribution is -2.42. The highest BCUT2D eigenvalue weighted by Crippen LogP contribution is 2.18. The maximum Gasteiger partial charge on any atom is 0.337 e. The number of aliphatic hydroxyl groups is 1. The summed E-state index contributed by atoms with van der Waals surface area (Å²) in [7, 11) is -2.40. The van der Waals surface area contributed by atoms with E-state index in [9.17, 15) is 4.79 Å². The van der Waals surface area contributed by atoms with Crippen molar-refractivity contribution in [2.75, 3.05) is 13.2 Å². The van der Waals surface area contributed by atoms with Gasteiger partial charge in [0.05, 0.1) is 0 Å². The number of hydrogen-bond donors (Lipinski definition) is 1. The molecule has 0 aromatic rings. The number of hydrogen-bond acceptors (Lipinski definition) is 5. The van der Waals surface area contributed by atoms with Gasteiger partial charge in [-0.15, -0.1) is 0 Å². The maximum absolute atomic E-state index is 11.3. The van der Waals surface area contributed by atoms with Gasteiger partial charge in [-0.05, 0) is 39.8 Å². The molecule has 5 nitrogen and oxygen atoms in total. The minimum absolute atomic E-state index is 0.0962. The van der Waals surface area contributed by atoms with Crippen LogP contribution in [0.3, 0.4) is 0 Å². The fourth-order valence-electron chi connectivity index (χ4n) is 1.50. The molecule has 0 amide bonds. The number of aliphatic hydroxyl groups excluding tert-OH is 1. The molecule has 0 aliphatic heterocycles. The highest BCUT2D eigenvalue weighted by atomic mass is 28.4. The summed E-state index contributed by atoms with van der Waals surface area (Å²) in [6.45, 7) is 11.2. The fraction of sp³-hybridized carbons (Fsp3) is 0.750. The normalized spacial score (nSPS) is 15.8. The number of carbonyl (C=O) groups is 1. The molecule has 0 heterocycles. The number of carbonyl (C=O) groups excluding carboxylic acids is 1. The van der Waals surface area contributed by atoms with E-state index in [1.165, 1.54) is 0 Å². The first-order valence-electron chi connectivity index (χ1n) is 6.13. The van der Waals surface area contributed by atoms with Gasteiger partial charge in [0.2, 0.25) is 0 Å². The molecule has 0 bridgehead atoms. The van der Waals surface area contributed by atoms with E-state index in [-0.39, 0.29) is 6.61 Å². The summed E-state index contributed by atoms with van der Waals surface area (Å²) in [5, 5.41) is 8.86. The Morgan fingerprint density at radius 3 is 2.56 bits per heavy atom. The first-order chi connectivity index (χ1) is 8.34. The summed E-state index contributed by atoms with van der Waals surface area (Å²) in [5.74, 6) is -0.475. The summed E-state index contributed by atoms with van der Waals surface area (Å²) in [5.41, 5.74) is 0.334. The molecule has 2 atom stereocenters. The molecule has 0 rings (SSSR count). The van der Waals surface area contributed by atoms with Crippen LogP contribution >= 0.6 is 0 Å². The Morgan fingerprint density at radius 2 is 2.11 bits per heavy atom. The van der Waals surface area contributed by atoms with Gasteiger partial charge in [-0.2, -0.15) is 0 Å². The Hall–Kier alpha value is -0.693. The van der Waals surface area contributed by atoms with Crippen LogP contribution in [0.25, 0.3) is 0 Å². The van der Waals surface area contributed by atoms with E-state index in [0.29, 0.717) is 24.6 Å². The van der Waals surface area contributed by atoms with Gasteiger partial charge >= 0.3 is 14.5 Å². The summed E-state index contributed by atoms with van der Waals surface area (Å²) in [6, 6.07) is 0.659. The van der Waals surface area contributed by atoms with E-state index in [2.05, 4.69) is 6.58 Å². The van der Waals surface area contributed by atoms with Gasteiger partial charge in [0.15, 0.2) is 6.29 Å². The van der Waals surface area contributed by atoms with Gasteiger partial charge in [-0.1, -0.05) is 6.58 Å². The number of rotatable bonds is 9. The second-order valence-electron chi connectivity index (χ2n) is 4.27. The largest absolute Gasteiger partial charge is 0.434 e. The van der Waals surface area contributed by atoms with Gasteiger partial charge in [0, 0.05) is 18.8 Å². The van der Waals surface area contributed by atoms with Gasteiger partial charge in [-0.3, -0.25) is 0 Å². The van der Waals surface area contributed by atoms with Crippen LogP contribution in [0.5, 0.6) is 0 Å². The fourth-order valence-corrected chi connectivity index (χ4v) is 3.99. The monoisotopic (exact) mass is 276 g/mol. The molecule has 1 N–H and O–H groups in total. The van der Waals surface area contributed by atoms with E-state index >= 15 is 0 Å². The SMILES string of the molecule is C=C(C)C(=O)OC(C)O[Si](C)(CCCO)OCC. The molecule has 0 saturated heterocycles. The van der Waals surface area contributed by atoms with E-state index < -0.39 is 20.8 Å². The Bertz CT molecular complexity index is 282. The molecule has 0 aliphatic rings. The summed E-state index contributed by atoms with van der Waals surface area (Å²) in [6.07, 6.45) is -0.0553. The molecular weight excluding hydrogens is 252 g/mol. The molecule has 0 aromatic heterocycles. The lowest BCUT2D eigenvalue weighted by atomic mass is 10.4. The van der Waals surface area contributed by atoms with Crippen molar-refractivity contribution in [1.82, 2.24) is 0 Å². The standard InChI is InChI=1S/C12H24O5Si/c1-6-15-18(5,9-7-8-13)17-11(4)16-12(14)10(2)3/h11,13H,2,6-9H2,1,3-5H3. The summed E-state index contributed by atoms with van der Waals surface area (Å²) in [4.78, 5) is 11.3. The van der Waals surface area contributed by atoms with Gasteiger partial charge < -0.3 is 18.7 Å². The van der Waals surface area contributed by atoms with Crippen molar-refractivity contribution in [2.45, 2.75) is 46.1 Å². The molecule has 0 radical (unpaired) electrons. The minimum Gasteiger partial charge on any atom is -0.434 e. The maximum atomic E-state index is 11.3. The van der Waals surface area contributed by atoms with Crippen molar-refractivity contribution >= 4 is 14.5 Å². The molecule has 0 fully saturated rings. The third-order valence-electron chi connectivity index (χ3n) is 2.28. The van der Waals surface area contributed by atoms with Crippen molar-refractivity contribution in [3.05, 3.63) is 12.2 Å². The van der Waals surface area contributed by atoms with Gasteiger partial charge in [0.1, 0.15) is 0 Å². The molecule has 0 aliphatic carbocycles. The summed E-state index contributed by atoms with van der Waals surface area (Å²) >= 11 is 0. The van der Waals surface area contributed by atoms with Crippen molar-refractivity contribution in [3.8, 4) is 0 Å². The lowest BCUT2D eigenvalue weighted by molar-refractivity contribution is -0.159. The number of esters is 1. The van der Waals surface area contributed by atoms with Crippen LogP contribution in [0.2, 0.25) is 12.6 Å². The zero-order chi connectivity index (χ0) is 14.2. The van der Waals surface area contributed by atoms with Crippen LogP contribution in [0.15, 0.2) is 12.2 Å². The minimum atomic E-state index is -2.40. The molecule has 0 aromatic carbocycles. The third-order valence-corrected chi connectivity index (χ3v) is 5.27. The molecule has 106 valence electrons. The highest BCUT2D eigenvalue weighted by Gasteiger charge is 2.33. The van der Waals surface area contributed by atoms with Crippen molar-refractivity contribution in [1.29, 1.82) is 0 Å².